The molecule has 0 N–H and O–H groups in total. The maximum atomic E-state index is 11.5. The summed E-state index contributed by atoms with van der Waals surface area (Å²) in [6, 6.07) is 19.0. The quantitative estimate of drug-likeness (QED) is 0.347. The summed E-state index contributed by atoms with van der Waals surface area (Å²) in [4.78, 5) is 11.5. The number of hydrogen-bond donors (Lipinski definition) is 0. The van der Waals surface area contributed by atoms with Gasteiger partial charge in [-0.15, -0.1) is 0 Å². The van der Waals surface area contributed by atoms with Crippen molar-refractivity contribution in [2.75, 3.05) is 6.61 Å². The van der Waals surface area contributed by atoms with Crippen LogP contribution in [-0.2, 0) is 20.7 Å². The second-order valence-corrected chi connectivity index (χ2v) is 5.87. The van der Waals surface area contributed by atoms with Crippen LogP contribution in [0.25, 0.3) is 11.0 Å². The number of benzene rings is 2. The fraction of sp³-hybridized carbons (Fsp3) is 0.182. The second kappa shape index (κ2) is 8.72. The van der Waals surface area contributed by atoms with E-state index in [1.54, 1.807) is 19.1 Å². The average molecular weight is 361 g/mol. The molecule has 5 nitrogen and oxygen atoms in total. The van der Waals surface area contributed by atoms with Crippen LogP contribution in [0.3, 0.4) is 0 Å². The fourth-order valence-electron chi connectivity index (χ4n) is 2.72. The summed E-state index contributed by atoms with van der Waals surface area (Å²) in [7, 11) is 0. The van der Waals surface area contributed by atoms with Gasteiger partial charge >= 0.3 is 5.97 Å². The number of para-hydroxylation sites is 1. The van der Waals surface area contributed by atoms with Crippen LogP contribution in [0.15, 0.2) is 71.4 Å². The zero-order valence-electron chi connectivity index (χ0n) is 14.9. The zero-order valence-corrected chi connectivity index (χ0v) is 14.9. The first kappa shape index (κ1) is 18.3. The van der Waals surface area contributed by atoms with Gasteiger partial charge in [-0.2, -0.15) is 5.26 Å². The number of rotatable bonds is 7. The third-order valence-corrected chi connectivity index (χ3v) is 4.01. The van der Waals surface area contributed by atoms with Gasteiger partial charge in [0.2, 0.25) is 0 Å². The van der Waals surface area contributed by atoms with Crippen LogP contribution in [-0.4, -0.2) is 12.6 Å². The third-order valence-electron chi connectivity index (χ3n) is 4.01. The minimum absolute atomic E-state index is 0.307. The first-order chi connectivity index (χ1) is 13.2. The Morgan fingerprint density at radius 2 is 2.00 bits per heavy atom. The Hall–Kier alpha value is -3.52. The summed E-state index contributed by atoms with van der Waals surface area (Å²) in [6.07, 6.45) is 2.69. The lowest BCUT2D eigenvalue weighted by molar-refractivity contribution is -0.137. The molecule has 0 radical (unpaired) electrons. The molecule has 0 spiro atoms. The standard InChI is InChI=1S/C22H19NO4/c1-2-25-22(24)11-12-26-21(17-9-7-16(15-23)8-10-17)14-19-13-18-5-3-4-6-20(18)27-19/h3-13,21H,2,14H2,1H3/b12-11+. The molecule has 0 fully saturated rings. The van der Waals surface area contributed by atoms with Crippen molar-refractivity contribution in [1.82, 2.24) is 0 Å². The predicted octanol–water partition coefficient (Wildman–Crippen LogP) is 4.68. The monoisotopic (exact) mass is 361 g/mol. The van der Waals surface area contributed by atoms with E-state index in [9.17, 15) is 4.79 Å². The van der Waals surface area contributed by atoms with Crippen molar-refractivity contribution >= 4 is 16.9 Å². The molecule has 0 bridgehead atoms. The van der Waals surface area contributed by atoms with Gasteiger partial charge in [0.05, 0.1) is 30.6 Å². The van der Waals surface area contributed by atoms with Gasteiger partial charge in [0, 0.05) is 11.8 Å². The lowest BCUT2D eigenvalue weighted by atomic mass is 10.0. The number of fused-ring (bicyclic) bond motifs is 1. The normalized spacial score (nSPS) is 12.0. The second-order valence-electron chi connectivity index (χ2n) is 5.87. The largest absolute Gasteiger partial charge is 0.493 e. The number of ether oxygens (including phenoxy) is 2. The van der Waals surface area contributed by atoms with Gasteiger partial charge in [-0.3, -0.25) is 0 Å². The van der Waals surface area contributed by atoms with Crippen LogP contribution in [0.2, 0.25) is 0 Å². The molecule has 0 aliphatic carbocycles. The van der Waals surface area contributed by atoms with Crippen molar-refractivity contribution in [3.63, 3.8) is 0 Å². The van der Waals surface area contributed by atoms with Crippen molar-refractivity contribution < 1.29 is 18.7 Å². The van der Waals surface area contributed by atoms with E-state index >= 15 is 0 Å². The lowest BCUT2D eigenvalue weighted by Crippen LogP contribution is -2.05. The number of nitriles is 1. The fourth-order valence-corrected chi connectivity index (χ4v) is 2.72. The minimum atomic E-state index is -0.459. The minimum Gasteiger partial charge on any atom is -0.493 e. The SMILES string of the molecule is CCOC(=O)/C=C/OC(Cc1cc2ccccc2o1)c1ccc(C#N)cc1. The van der Waals surface area contributed by atoms with Crippen LogP contribution < -0.4 is 0 Å². The first-order valence-corrected chi connectivity index (χ1v) is 8.66. The van der Waals surface area contributed by atoms with Crippen molar-refractivity contribution in [2.24, 2.45) is 0 Å². The van der Waals surface area contributed by atoms with Crippen LogP contribution in [0.4, 0.5) is 0 Å². The average Bonchev–Trinajstić information content (AvgIpc) is 3.10. The molecule has 27 heavy (non-hydrogen) atoms. The van der Waals surface area contributed by atoms with Gasteiger partial charge in [-0.1, -0.05) is 30.3 Å². The highest BCUT2D eigenvalue weighted by molar-refractivity contribution is 5.81. The van der Waals surface area contributed by atoms with E-state index in [1.807, 2.05) is 42.5 Å². The smallest absolute Gasteiger partial charge is 0.333 e. The van der Waals surface area contributed by atoms with E-state index in [1.165, 1.54) is 12.3 Å². The Kier molecular flexibility index (Phi) is 5.91. The Labute approximate surface area is 157 Å². The number of carbonyl (C=O) groups excluding carboxylic acids is 1. The molecule has 1 aromatic heterocycles. The van der Waals surface area contributed by atoms with Crippen LogP contribution in [0, 0.1) is 11.3 Å². The van der Waals surface area contributed by atoms with E-state index in [4.69, 9.17) is 19.2 Å². The Morgan fingerprint density at radius 3 is 2.70 bits per heavy atom. The summed E-state index contributed by atoms with van der Waals surface area (Å²) in [5.41, 5.74) is 2.26. The molecule has 1 unspecified atom stereocenters. The zero-order chi connectivity index (χ0) is 19.1. The van der Waals surface area contributed by atoms with Crippen molar-refractivity contribution in [3.05, 3.63) is 83.8 Å². The van der Waals surface area contributed by atoms with Crippen LogP contribution in [0.5, 0.6) is 0 Å². The molecule has 5 heteroatoms. The topological polar surface area (TPSA) is 72.5 Å². The molecule has 0 saturated carbocycles. The Bertz CT molecular complexity index is 946. The van der Waals surface area contributed by atoms with Crippen molar-refractivity contribution in [1.29, 1.82) is 5.26 Å². The molecule has 0 aliphatic heterocycles. The first-order valence-electron chi connectivity index (χ1n) is 8.66. The van der Waals surface area contributed by atoms with Gasteiger partial charge in [0.1, 0.15) is 17.4 Å². The lowest BCUT2D eigenvalue weighted by Gasteiger charge is -2.16. The number of esters is 1. The predicted molar refractivity (Wildman–Crippen MR) is 101 cm³/mol. The highest BCUT2D eigenvalue weighted by Crippen LogP contribution is 2.27. The highest BCUT2D eigenvalue weighted by Gasteiger charge is 2.16. The van der Waals surface area contributed by atoms with Gasteiger partial charge in [-0.25, -0.2) is 4.79 Å². The molecule has 2 aromatic carbocycles. The number of furan rings is 1. The maximum Gasteiger partial charge on any atom is 0.333 e. The summed E-state index contributed by atoms with van der Waals surface area (Å²) in [5, 5.41) is 10.00. The van der Waals surface area contributed by atoms with Crippen LogP contribution >= 0.6 is 0 Å². The Balaban J connectivity index is 1.81. The number of nitrogens with zero attached hydrogens (tertiary/aromatic N) is 1. The molecular weight excluding hydrogens is 342 g/mol. The van der Waals surface area contributed by atoms with Gasteiger partial charge in [0.25, 0.3) is 0 Å². The molecule has 1 atom stereocenters. The van der Waals surface area contributed by atoms with Crippen molar-refractivity contribution in [2.45, 2.75) is 19.4 Å². The third kappa shape index (κ3) is 4.77. The van der Waals surface area contributed by atoms with E-state index in [2.05, 4.69) is 6.07 Å². The molecule has 0 saturated heterocycles. The number of carbonyl (C=O) groups is 1. The van der Waals surface area contributed by atoms with E-state index in [-0.39, 0.29) is 6.10 Å². The number of hydrogen-bond acceptors (Lipinski definition) is 5. The molecule has 3 rings (SSSR count). The molecule has 3 aromatic rings. The molecule has 1 heterocycles. The highest BCUT2D eigenvalue weighted by atomic mass is 16.5. The summed E-state index contributed by atoms with van der Waals surface area (Å²) in [5.74, 6) is 0.315. The summed E-state index contributed by atoms with van der Waals surface area (Å²) < 4.78 is 16.5. The van der Waals surface area contributed by atoms with E-state index in [0.717, 1.165) is 22.3 Å². The van der Waals surface area contributed by atoms with Crippen LogP contribution in [0.1, 0.15) is 29.9 Å². The Morgan fingerprint density at radius 1 is 1.22 bits per heavy atom. The summed E-state index contributed by atoms with van der Waals surface area (Å²) >= 11 is 0. The maximum absolute atomic E-state index is 11.5. The van der Waals surface area contributed by atoms with Gasteiger partial charge in [0.15, 0.2) is 0 Å². The van der Waals surface area contributed by atoms with E-state index < -0.39 is 5.97 Å². The van der Waals surface area contributed by atoms with Gasteiger partial charge < -0.3 is 13.9 Å². The summed E-state index contributed by atoms with van der Waals surface area (Å²) in [6.45, 7) is 2.05. The molecule has 0 amide bonds. The molecule has 136 valence electrons. The molecular formula is C22H19NO4. The van der Waals surface area contributed by atoms with Crippen molar-refractivity contribution in [3.8, 4) is 6.07 Å². The molecule has 0 aliphatic rings. The van der Waals surface area contributed by atoms with E-state index in [0.29, 0.717) is 18.6 Å². The van der Waals surface area contributed by atoms with Gasteiger partial charge in [-0.05, 0) is 36.8 Å².